The van der Waals surface area contributed by atoms with E-state index in [9.17, 15) is 10.2 Å². The minimum absolute atomic E-state index is 0.0679. The van der Waals surface area contributed by atoms with Gasteiger partial charge in [-0.2, -0.15) is 0 Å². The average molecular weight is 209 g/mol. The molecule has 1 unspecified atom stereocenters. The highest BCUT2D eigenvalue weighted by Crippen LogP contribution is 2.31. The van der Waals surface area contributed by atoms with E-state index in [1.54, 1.807) is 0 Å². The third-order valence-corrected chi connectivity index (χ3v) is 2.49. The summed E-state index contributed by atoms with van der Waals surface area (Å²) in [7, 11) is 0. The molecule has 0 saturated carbocycles. The van der Waals surface area contributed by atoms with Gasteiger partial charge in [-0.05, 0) is 31.5 Å². The van der Waals surface area contributed by atoms with Crippen LogP contribution in [0.2, 0.25) is 0 Å². The Morgan fingerprint density at radius 1 is 1.33 bits per heavy atom. The van der Waals surface area contributed by atoms with Crippen molar-refractivity contribution < 1.29 is 14.9 Å². The number of phenols is 2. The highest BCUT2D eigenvalue weighted by atomic mass is 16.5. The zero-order valence-electron chi connectivity index (χ0n) is 8.44. The van der Waals surface area contributed by atoms with Gasteiger partial charge in [-0.25, -0.2) is 0 Å². The van der Waals surface area contributed by atoms with Gasteiger partial charge in [-0.15, -0.1) is 0 Å². The van der Waals surface area contributed by atoms with Crippen LogP contribution in [0.5, 0.6) is 17.2 Å². The lowest BCUT2D eigenvalue weighted by molar-refractivity contribution is 0.161. The molecule has 3 N–H and O–H groups in total. The van der Waals surface area contributed by atoms with Crippen LogP contribution < -0.4 is 10.1 Å². The lowest BCUT2D eigenvalue weighted by Crippen LogP contribution is -2.37. The second-order valence-electron chi connectivity index (χ2n) is 3.74. The van der Waals surface area contributed by atoms with Gasteiger partial charge in [0.25, 0.3) is 0 Å². The summed E-state index contributed by atoms with van der Waals surface area (Å²) in [5.41, 5.74) is 0. The molecule has 1 fully saturated rings. The van der Waals surface area contributed by atoms with E-state index in [-0.39, 0.29) is 17.6 Å². The molecular formula is C11H15NO3. The van der Waals surface area contributed by atoms with E-state index in [1.165, 1.54) is 18.2 Å². The SMILES string of the molecule is Oc1ccc(O)c(OC2CCCNC2)c1. The first-order valence-corrected chi connectivity index (χ1v) is 5.15. The van der Waals surface area contributed by atoms with Crippen LogP contribution in [0.3, 0.4) is 0 Å². The topological polar surface area (TPSA) is 61.7 Å². The molecule has 15 heavy (non-hydrogen) atoms. The Morgan fingerprint density at radius 2 is 2.20 bits per heavy atom. The Bertz CT molecular complexity index is 335. The molecule has 0 aliphatic carbocycles. The third-order valence-electron chi connectivity index (χ3n) is 2.49. The smallest absolute Gasteiger partial charge is 0.165 e. The predicted molar refractivity (Wildman–Crippen MR) is 56.3 cm³/mol. The van der Waals surface area contributed by atoms with Gasteiger partial charge in [0.1, 0.15) is 11.9 Å². The number of hydrogen-bond acceptors (Lipinski definition) is 4. The molecule has 0 bridgehead atoms. The lowest BCUT2D eigenvalue weighted by Gasteiger charge is -2.24. The van der Waals surface area contributed by atoms with E-state index in [0.717, 1.165) is 25.9 Å². The molecular weight excluding hydrogens is 194 g/mol. The van der Waals surface area contributed by atoms with E-state index in [0.29, 0.717) is 5.75 Å². The molecule has 2 rings (SSSR count). The van der Waals surface area contributed by atoms with Crippen molar-refractivity contribution >= 4 is 0 Å². The normalized spacial score (nSPS) is 21.2. The molecule has 1 aliphatic heterocycles. The van der Waals surface area contributed by atoms with Gasteiger partial charge < -0.3 is 20.3 Å². The van der Waals surface area contributed by atoms with Crippen LogP contribution in [0, 0.1) is 0 Å². The fourth-order valence-corrected chi connectivity index (χ4v) is 1.70. The van der Waals surface area contributed by atoms with Gasteiger partial charge in [0.15, 0.2) is 11.5 Å². The molecule has 0 amide bonds. The van der Waals surface area contributed by atoms with Crippen LogP contribution in [-0.4, -0.2) is 29.4 Å². The largest absolute Gasteiger partial charge is 0.508 e. The summed E-state index contributed by atoms with van der Waals surface area (Å²) in [5, 5.41) is 22.0. The molecule has 1 aromatic carbocycles. The third kappa shape index (κ3) is 2.53. The average Bonchev–Trinajstić information content (AvgIpc) is 2.25. The van der Waals surface area contributed by atoms with Crippen LogP contribution >= 0.6 is 0 Å². The van der Waals surface area contributed by atoms with Crippen molar-refractivity contribution in [3.8, 4) is 17.2 Å². The first-order chi connectivity index (χ1) is 7.25. The summed E-state index contributed by atoms with van der Waals surface area (Å²) in [6.07, 6.45) is 2.12. The first kappa shape index (κ1) is 10.1. The zero-order valence-corrected chi connectivity index (χ0v) is 8.44. The molecule has 1 atom stereocenters. The monoisotopic (exact) mass is 209 g/mol. The Morgan fingerprint density at radius 3 is 2.93 bits per heavy atom. The standard InChI is InChI=1S/C11H15NO3/c13-8-3-4-10(14)11(6-8)15-9-2-1-5-12-7-9/h3-4,6,9,12-14H,1-2,5,7H2. The molecule has 1 aliphatic rings. The molecule has 0 radical (unpaired) electrons. The summed E-state index contributed by atoms with van der Waals surface area (Å²) in [4.78, 5) is 0. The Labute approximate surface area is 88.5 Å². The summed E-state index contributed by atoms with van der Waals surface area (Å²) in [6.45, 7) is 1.81. The quantitative estimate of drug-likeness (QED) is 0.641. The van der Waals surface area contributed by atoms with Crippen molar-refractivity contribution in [1.29, 1.82) is 0 Å². The summed E-state index contributed by atoms with van der Waals surface area (Å²) >= 11 is 0. The number of ether oxygens (including phenoxy) is 1. The van der Waals surface area contributed by atoms with Gasteiger partial charge in [0.05, 0.1) is 0 Å². The molecule has 4 heteroatoms. The number of nitrogens with one attached hydrogen (secondary N) is 1. The van der Waals surface area contributed by atoms with Crippen LogP contribution in [0.4, 0.5) is 0 Å². The van der Waals surface area contributed by atoms with Crippen LogP contribution in [0.25, 0.3) is 0 Å². The number of aromatic hydroxyl groups is 2. The number of phenolic OH excluding ortho intramolecular Hbond substituents is 2. The maximum atomic E-state index is 9.51. The van der Waals surface area contributed by atoms with E-state index in [4.69, 9.17) is 4.74 Å². The van der Waals surface area contributed by atoms with Crippen molar-refractivity contribution in [2.75, 3.05) is 13.1 Å². The fraction of sp³-hybridized carbons (Fsp3) is 0.455. The van der Waals surface area contributed by atoms with E-state index >= 15 is 0 Å². The highest BCUT2D eigenvalue weighted by molar-refractivity contribution is 5.44. The predicted octanol–water partition coefficient (Wildman–Crippen LogP) is 1.23. The minimum Gasteiger partial charge on any atom is -0.508 e. The maximum Gasteiger partial charge on any atom is 0.165 e. The summed E-state index contributed by atoms with van der Waals surface area (Å²) < 4.78 is 5.59. The molecule has 1 heterocycles. The van der Waals surface area contributed by atoms with Gasteiger partial charge in [-0.1, -0.05) is 0 Å². The van der Waals surface area contributed by atoms with Crippen molar-refractivity contribution in [2.24, 2.45) is 0 Å². The highest BCUT2D eigenvalue weighted by Gasteiger charge is 2.16. The Balaban J connectivity index is 2.05. The van der Waals surface area contributed by atoms with Gasteiger partial charge in [0, 0.05) is 12.6 Å². The molecule has 0 aromatic heterocycles. The van der Waals surface area contributed by atoms with Gasteiger partial charge in [0.2, 0.25) is 0 Å². The molecule has 82 valence electrons. The Kier molecular flexibility index (Phi) is 2.97. The number of hydrogen-bond donors (Lipinski definition) is 3. The molecule has 1 aromatic rings. The minimum atomic E-state index is 0.0679. The zero-order chi connectivity index (χ0) is 10.7. The second-order valence-corrected chi connectivity index (χ2v) is 3.74. The van der Waals surface area contributed by atoms with Crippen molar-refractivity contribution in [1.82, 2.24) is 5.32 Å². The Hall–Kier alpha value is -1.42. The first-order valence-electron chi connectivity index (χ1n) is 5.15. The maximum absolute atomic E-state index is 9.51. The van der Waals surface area contributed by atoms with Crippen molar-refractivity contribution in [3.05, 3.63) is 18.2 Å². The second kappa shape index (κ2) is 4.40. The number of benzene rings is 1. The summed E-state index contributed by atoms with van der Waals surface area (Å²) in [5.74, 6) is 0.522. The number of rotatable bonds is 2. The molecule has 4 nitrogen and oxygen atoms in total. The number of piperidine rings is 1. The van der Waals surface area contributed by atoms with Crippen LogP contribution in [0.15, 0.2) is 18.2 Å². The van der Waals surface area contributed by atoms with E-state index in [1.807, 2.05) is 0 Å². The molecule has 0 spiro atoms. The van der Waals surface area contributed by atoms with Crippen molar-refractivity contribution in [3.63, 3.8) is 0 Å². The van der Waals surface area contributed by atoms with Gasteiger partial charge in [-0.3, -0.25) is 0 Å². The molecule has 1 saturated heterocycles. The van der Waals surface area contributed by atoms with Crippen LogP contribution in [-0.2, 0) is 0 Å². The van der Waals surface area contributed by atoms with Crippen LogP contribution in [0.1, 0.15) is 12.8 Å². The summed E-state index contributed by atoms with van der Waals surface area (Å²) in [6, 6.07) is 4.30. The van der Waals surface area contributed by atoms with E-state index in [2.05, 4.69) is 5.32 Å². The van der Waals surface area contributed by atoms with Gasteiger partial charge >= 0.3 is 0 Å². The lowest BCUT2D eigenvalue weighted by atomic mass is 10.1. The van der Waals surface area contributed by atoms with Crippen molar-refractivity contribution in [2.45, 2.75) is 18.9 Å². The van der Waals surface area contributed by atoms with E-state index < -0.39 is 0 Å². The fourth-order valence-electron chi connectivity index (χ4n) is 1.70.